The highest BCUT2D eigenvalue weighted by molar-refractivity contribution is 5.85. The second-order valence-electron chi connectivity index (χ2n) is 7.40. The molecule has 23 heavy (non-hydrogen) atoms. The molecule has 0 aromatic heterocycles. The maximum atomic E-state index is 12.3. The molecular weight excluding hydrogens is 337 g/mol. The highest BCUT2D eigenvalue weighted by Gasteiger charge is 2.34. The van der Waals surface area contributed by atoms with E-state index in [9.17, 15) is 4.79 Å². The van der Waals surface area contributed by atoms with Gasteiger partial charge in [-0.25, -0.2) is 0 Å². The third-order valence-corrected chi connectivity index (χ3v) is 4.90. The molecule has 2 N–H and O–H groups in total. The van der Waals surface area contributed by atoms with Gasteiger partial charge in [0.05, 0.1) is 12.2 Å². The Labute approximate surface area is 153 Å². The molecule has 3 unspecified atom stereocenters. The van der Waals surface area contributed by atoms with Crippen LogP contribution in [0.15, 0.2) is 0 Å². The van der Waals surface area contributed by atoms with Crippen LogP contribution in [0.3, 0.4) is 0 Å². The van der Waals surface area contributed by atoms with Gasteiger partial charge in [0, 0.05) is 31.1 Å². The maximum absolute atomic E-state index is 12.3. The highest BCUT2D eigenvalue weighted by Crippen LogP contribution is 2.21. The van der Waals surface area contributed by atoms with Crippen molar-refractivity contribution in [3.63, 3.8) is 0 Å². The number of halogens is 2. The SMILES string of the molecule is CC1CN(C(C)(C)CNC(=O)C(C)C2CNC2)CC(C)O1.Cl.Cl. The van der Waals surface area contributed by atoms with E-state index in [-0.39, 0.29) is 54.4 Å². The van der Waals surface area contributed by atoms with Crippen LogP contribution in [0, 0.1) is 11.8 Å². The average Bonchev–Trinajstić information content (AvgIpc) is 2.32. The smallest absolute Gasteiger partial charge is 0.223 e. The van der Waals surface area contributed by atoms with Crippen molar-refractivity contribution in [2.24, 2.45) is 11.8 Å². The summed E-state index contributed by atoms with van der Waals surface area (Å²) in [5.74, 6) is 0.782. The second-order valence-corrected chi connectivity index (χ2v) is 7.40. The van der Waals surface area contributed by atoms with Crippen LogP contribution in [0.5, 0.6) is 0 Å². The fraction of sp³-hybridized carbons (Fsp3) is 0.938. The van der Waals surface area contributed by atoms with E-state index in [1.54, 1.807) is 0 Å². The zero-order chi connectivity index (χ0) is 15.6. The van der Waals surface area contributed by atoms with Crippen molar-refractivity contribution in [3.05, 3.63) is 0 Å². The number of hydrogen-bond donors (Lipinski definition) is 2. The minimum absolute atomic E-state index is 0. The zero-order valence-corrected chi connectivity index (χ0v) is 16.6. The largest absolute Gasteiger partial charge is 0.373 e. The lowest BCUT2D eigenvalue weighted by Gasteiger charge is -2.45. The van der Waals surface area contributed by atoms with Crippen LogP contribution in [0.2, 0.25) is 0 Å². The molecule has 0 aromatic carbocycles. The van der Waals surface area contributed by atoms with Crippen molar-refractivity contribution in [2.75, 3.05) is 32.7 Å². The van der Waals surface area contributed by atoms with E-state index in [1.165, 1.54) is 0 Å². The Bertz CT molecular complexity index is 368. The first-order chi connectivity index (χ1) is 9.79. The molecule has 0 saturated carbocycles. The van der Waals surface area contributed by atoms with Crippen molar-refractivity contribution < 1.29 is 9.53 Å². The van der Waals surface area contributed by atoms with Crippen LogP contribution in [0.1, 0.15) is 34.6 Å². The number of carbonyl (C=O) groups excluding carboxylic acids is 1. The van der Waals surface area contributed by atoms with Crippen molar-refractivity contribution >= 4 is 30.7 Å². The summed E-state index contributed by atoms with van der Waals surface area (Å²) < 4.78 is 5.79. The molecule has 2 fully saturated rings. The van der Waals surface area contributed by atoms with Gasteiger partial charge >= 0.3 is 0 Å². The van der Waals surface area contributed by atoms with Crippen molar-refractivity contribution in [1.82, 2.24) is 15.5 Å². The van der Waals surface area contributed by atoms with Gasteiger partial charge in [-0.15, -0.1) is 24.8 Å². The van der Waals surface area contributed by atoms with Gasteiger partial charge < -0.3 is 15.4 Å². The minimum Gasteiger partial charge on any atom is -0.373 e. The van der Waals surface area contributed by atoms with E-state index < -0.39 is 0 Å². The molecule has 0 bridgehead atoms. The molecule has 2 saturated heterocycles. The zero-order valence-electron chi connectivity index (χ0n) is 14.9. The lowest BCUT2D eigenvalue weighted by molar-refractivity contribution is -0.128. The molecular formula is C16H33Cl2N3O2. The number of ether oxygens (including phenoxy) is 1. The first-order valence-electron chi connectivity index (χ1n) is 8.18. The average molecular weight is 370 g/mol. The summed E-state index contributed by atoms with van der Waals surface area (Å²) in [4.78, 5) is 14.7. The van der Waals surface area contributed by atoms with E-state index in [0.29, 0.717) is 12.5 Å². The van der Waals surface area contributed by atoms with E-state index >= 15 is 0 Å². The quantitative estimate of drug-likeness (QED) is 0.774. The summed E-state index contributed by atoms with van der Waals surface area (Å²) in [7, 11) is 0. The normalized spacial score (nSPS) is 27.2. The molecule has 7 heteroatoms. The summed E-state index contributed by atoms with van der Waals surface area (Å²) in [6.45, 7) is 15.1. The molecule has 0 aliphatic carbocycles. The first-order valence-corrected chi connectivity index (χ1v) is 8.18. The lowest BCUT2D eigenvalue weighted by atomic mass is 9.88. The van der Waals surface area contributed by atoms with Gasteiger partial charge in [0.1, 0.15) is 0 Å². The topological polar surface area (TPSA) is 53.6 Å². The summed E-state index contributed by atoms with van der Waals surface area (Å²) >= 11 is 0. The molecule has 2 heterocycles. The van der Waals surface area contributed by atoms with Crippen LogP contribution in [-0.4, -0.2) is 61.3 Å². The Morgan fingerprint density at radius 1 is 1.26 bits per heavy atom. The molecule has 0 radical (unpaired) electrons. The van der Waals surface area contributed by atoms with Crippen molar-refractivity contribution in [1.29, 1.82) is 0 Å². The summed E-state index contributed by atoms with van der Waals surface area (Å²) in [6, 6.07) is 0. The predicted molar refractivity (Wildman–Crippen MR) is 98.7 cm³/mol. The molecule has 3 atom stereocenters. The van der Waals surface area contributed by atoms with Gasteiger partial charge in [0.25, 0.3) is 0 Å². The van der Waals surface area contributed by atoms with Gasteiger partial charge in [-0.1, -0.05) is 6.92 Å². The third-order valence-electron chi connectivity index (χ3n) is 4.90. The Hall–Kier alpha value is -0.0700. The van der Waals surface area contributed by atoms with Crippen LogP contribution in [0.25, 0.3) is 0 Å². The molecule has 2 aliphatic rings. The monoisotopic (exact) mass is 369 g/mol. The third kappa shape index (κ3) is 6.05. The predicted octanol–water partition coefficient (Wildman–Crippen LogP) is 1.69. The van der Waals surface area contributed by atoms with E-state index in [0.717, 1.165) is 26.2 Å². The maximum Gasteiger partial charge on any atom is 0.223 e. The van der Waals surface area contributed by atoms with E-state index in [2.05, 4.69) is 43.2 Å². The molecule has 1 amide bonds. The number of rotatable bonds is 5. The molecule has 2 aliphatic heterocycles. The Kier molecular flexibility index (Phi) is 9.39. The fourth-order valence-electron chi connectivity index (χ4n) is 3.13. The summed E-state index contributed by atoms with van der Waals surface area (Å²) in [5, 5.41) is 6.38. The Morgan fingerprint density at radius 3 is 2.22 bits per heavy atom. The standard InChI is InChI=1S/C16H31N3O2.2ClH/c1-11-8-19(9-12(2)21-11)16(4,5)10-18-15(20)13(3)14-6-17-7-14;;/h11-14,17H,6-10H2,1-5H3,(H,18,20);2*1H. The number of amides is 1. The molecule has 2 rings (SSSR count). The number of morpholine rings is 1. The second kappa shape index (κ2) is 9.42. The fourth-order valence-corrected chi connectivity index (χ4v) is 3.13. The summed E-state index contributed by atoms with van der Waals surface area (Å²) in [5.41, 5.74) is -0.0421. The minimum atomic E-state index is -0.0421. The van der Waals surface area contributed by atoms with Gasteiger partial charge in [-0.2, -0.15) is 0 Å². The Morgan fingerprint density at radius 2 is 1.78 bits per heavy atom. The van der Waals surface area contributed by atoms with Crippen LogP contribution in [-0.2, 0) is 9.53 Å². The van der Waals surface area contributed by atoms with Crippen molar-refractivity contribution in [2.45, 2.75) is 52.4 Å². The molecule has 0 aromatic rings. The van der Waals surface area contributed by atoms with Gasteiger partial charge in [0.15, 0.2) is 0 Å². The lowest BCUT2D eigenvalue weighted by Crippen LogP contribution is -2.59. The van der Waals surface area contributed by atoms with E-state index in [1.807, 2.05) is 6.92 Å². The van der Waals surface area contributed by atoms with Crippen LogP contribution < -0.4 is 10.6 Å². The van der Waals surface area contributed by atoms with Crippen LogP contribution >= 0.6 is 24.8 Å². The van der Waals surface area contributed by atoms with E-state index in [4.69, 9.17) is 4.74 Å². The number of hydrogen-bond acceptors (Lipinski definition) is 4. The summed E-state index contributed by atoms with van der Waals surface area (Å²) in [6.07, 6.45) is 0.507. The highest BCUT2D eigenvalue weighted by atomic mass is 35.5. The first kappa shape index (κ1) is 22.9. The van der Waals surface area contributed by atoms with Gasteiger partial charge in [0.2, 0.25) is 5.91 Å². The molecule has 0 spiro atoms. The van der Waals surface area contributed by atoms with Crippen molar-refractivity contribution in [3.8, 4) is 0 Å². The van der Waals surface area contributed by atoms with Gasteiger partial charge in [-0.05, 0) is 46.7 Å². The number of nitrogens with zero attached hydrogens (tertiary/aromatic N) is 1. The van der Waals surface area contributed by atoms with Crippen LogP contribution in [0.4, 0.5) is 0 Å². The molecule has 5 nitrogen and oxygen atoms in total. The number of carbonyl (C=O) groups is 1. The Balaban J connectivity index is 0.00000242. The molecule has 138 valence electrons. The van der Waals surface area contributed by atoms with Gasteiger partial charge in [-0.3, -0.25) is 9.69 Å². The number of nitrogens with one attached hydrogen (secondary N) is 2.